The van der Waals surface area contributed by atoms with Crippen LogP contribution in [0.1, 0.15) is 5.56 Å². The first kappa shape index (κ1) is 16.6. The molecule has 0 bridgehead atoms. The number of halogens is 1. The van der Waals surface area contributed by atoms with Crippen molar-refractivity contribution in [2.75, 3.05) is 0 Å². The standard InChI is InChI=1S/C17H12FN2.Rb/c1-12-10-19-17(20-11-12)14-7-8-15(16(18)9-14)13-5-3-2-4-6-13;/h3-11H,1H3;/q-1;+1. The van der Waals surface area contributed by atoms with Crippen LogP contribution in [0.3, 0.4) is 0 Å². The second kappa shape index (κ2) is 7.50. The van der Waals surface area contributed by atoms with Gasteiger partial charge >= 0.3 is 58.2 Å². The Kier molecular flexibility index (Phi) is 5.93. The van der Waals surface area contributed by atoms with Crippen molar-refractivity contribution < 1.29 is 62.6 Å². The summed E-state index contributed by atoms with van der Waals surface area (Å²) in [7, 11) is 0. The van der Waals surface area contributed by atoms with E-state index in [1.807, 2.05) is 25.1 Å². The molecule has 4 heteroatoms. The van der Waals surface area contributed by atoms with Crippen molar-refractivity contribution in [3.05, 3.63) is 72.3 Å². The third kappa shape index (κ3) is 3.92. The molecular formula is C17H12FN2Rb. The Labute approximate surface area is 172 Å². The van der Waals surface area contributed by atoms with Gasteiger partial charge in [-0.15, -0.1) is 5.56 Å². The average Bonchev–Trinajstić information content (AvgIpc) is 2.49. The minimum absolute atomic E-state index is 0. The molecular weight excluding hydrogens is 337 g/mol. The van der Waals surface area contributed by atoms with Gasteiger partial charge in [-0.1, -0.05) is 12.1 Å². The molecule has 0 saturated carbocycles. The van der Waals surface area contributed by atoms with Crippen molar-refractivity contribution in [3.63, 3.8) is 0 Å². The molecule has 0 aliphatic heterocycles. The number of aryl methyl sites for hydroxylation is 1. The van der Waals surface area contributed by atoms with Gasteiger partial charge in [0.25, 0.3) is 0 Å². The van der Waals surface area contributed by atoms with Crippen molar-refractivity contribution in [2.24, 2.45) is 0 Å². The van der Waals surface area contributed by atoms with Gasteiger partial charge in [-0.3, -0.25) is 0 Å². The first-order valence-corrected chi connectivity index (χ1v) is 6.29. The van der Waals surface area contributed by atoms with E-state index < -0.39 is 0 Å². The van der Waals surface area contributed by atoms with Crippen LogP contribution in [0.15, 0.2) is 54.9 Å². The SMILES string of the molecule is Cc1cnc(-c2ccc(-c3cc[c-]cc3)c(F)c2)nc1.[Rb+]. The zero-order valence-corrected chi connectivity index (χ0v) is 16.9. The summed E-state index contributed by atoms with van der Waals surface area (Å²) in [6.07, 6.45) is 3.45. The quantitative estimate of drug-likeness (QED) is 0.647. The summed E-state index contributed by atoms with van der Waals surface area (Å²) in [5, 5.41) is 0. The molecule has 3 rings (SSSR count). The summed E-state index contributed by atoms with van der Waals surface area (Å²) in [4.78, 5) is 8.42. The predicted molar refractivity (Wildman–Crippen MR) is 76.4 cm³/mol. The third-order valence-electron chi connectivity index (χ3n) is 3.04. The fourth-order valence-electron chi connectivity index (χ4n) is 2.00. The first-order chi connectivity index (χ1) is 9.74. The molecule has 0 unspecified atom stereocenters. The van der Waals surface area contributed by atoms with Crippen molar-refractivity contribution in [1.82, 2.24) is 9.97 Å². The minimum atomic E-state index is -0.280. The first-order valence-electron chi connectivity index (χ1n) is 6.29. The van der Waals surface area contributed by atoms with Crippen LogP contribution in [0.5, 0.6) is 0 Å². The normalized spacial score (nSPS) is 10.0. The smallest absolute Gasteiger partial charge is 0.236 e. The molecule has 0 N–H and O–H groups in total. The Hall–Kier alpha value is -0.745. The molecule has 98 valence electrons. The summed E-state index contributed by atoms with van der Waals surface area (Å²) in [5.41, 5.74) is 3.05. The van der Waals surface area contributed by atoms with Crippen molar-refractivity contribution in [3.8, 4) is 22.5 Å². The van der Waals surface area contributed by atoms with Gasteiger partial charge < -0.3 is 0 Å². The van der Waals surface area contributed by atoms with Gasteiger partial charge in [-0.2, -0.15) is 30.3 Å². The summed E-state index contributed by atoms with van der Waals surface area (Å²) in [5.74, 6) is 0.250. The van der Waals surface area contributed by atoms with E-state index in [9.17, 15) is 4.39 Å². The summed E-state index contributed by atoms with van der Waals surface area (Å²) in [6, 6.07) is 15.2. The Morgan fingerprint density at radius 1 is 0.952 bits per heavy atom. The van der Waals surface area contributed by atoms with Crippen LogP contribution in [-0.4, -0.2) is 9.97 Å². The maximum absolute atomic E-state index is 14.2. The van der Waals surface area contributed by atoms with E-state index in [2.05, 4.69) is 16.0 Å². The molecule has 1 aromatic heterocycles. The fraction of sp³-hybridized carbons (Fsp3) is 0.0588. The Morgan fingerprint density at radius 2 is 1.62 bits per heavy atom. The van der Waals surface area contributed by atoms with Crippen molar-refractivity contribution >= 4 is 0 Å². The molecule has 0 amide bonds. The third-order valence-corrected chi connectivity index (χ3v) is 3.04. The number of benzene rings is 2. The van der Waals surface area contributed by atoms with Crippen LogP contribution in [0, 0.1) is 18.8 Å². The summed E-state index contributed by atoms with van der Waals surface area (Å²) in [6.45, 7) is 1.92. The fourth-order valence-corrected chi connectivity index (χ4v) is 2.00. The molecule has 0 atom stereocenters. The average molecular weight is 349 g/mol. The Bertz CT molecular complexity index is 728. The largest absolute Gasteiger partial charge is 1.00 e. The van der Waals surface area contributed by atoms with Gasteiger partial charge in [0.15, 0.2) is 5.82 Å². The van der Waals surface area contributed by atoms with Crippen LogP contribution >= 0.6 is 0 Å². The number of rotatable bonds is 2. The zero-order chi connectivity index (χ0) is 13.9. The van der Waals surface area contributed by atoms with Crippen LogP contribution in [-0.2, 0) is 0 Å². The maximum Gasteiger partial charge on any atom is 1.00 e. The Morgan fingerprint density at radius 3 is 2.24 bits per heavy atom. The zero-order valence-electron chi connectivity index (χ0n) is 12.0. The second-order valence-corrected chi connectivity index (χ2v) is 4.57. The number of nitrogens with zero attached hydrogens (tertiary/aromatic N) is 2. The van der Waals surface area contributed by atoms with Crippen molar-refractivity contribution in [1.29, 1.82) is 0 Å². The minimum Gasteiger partial charge on any atom is -0.236 e. The van der Waals surface area contributed by atoms with E-state index in [0.717, 1.165) is 11.1 Å². The monoisotopic (exact) mass is 348 g/mol. The molecule has 0 radical (unpaired) electrons. The molecule has 0 saturated heterocycles. The molecule has 2 aromatic carbocycles. The van der Waals surface area contributed by atoms with Crippen LogP contribution in [0.4, 0.5) is 4.39 Å². The van der Waals surface area contributed by atoms with E-state index in [1.165, 1.54) is 6.07 Å². The van der Waals surface area contributed by atoms with Crippen LogP contribution in [0.2, 0.25) is 0 Å². The summed E-state index contributed by atoms with van der Waals surface area (Å²) < 4.78 is 14.2. The van der Waals surface area contributed by atoms with E-state index >= 15 is 0 Å². The molecule has 2 nitrogen and oxygen atoms in total. The van der Waals surface area contributed by atoms with E-state index in [4.69, 9.17) is 0 Å². The van der Waals surface area contributed by atoms with E-state index in [0.29, 0.717) is 17.0 Å². The van der Waals surface area contributed by atoms with Gasteiger partial charge in [0.2, 0.25) is 0 Å². The van der Waals surface area contributed by atoms with E-state index in [-0.39, 0.29) is 64.0 Å². The van der Waals surface area contributed by atoms with Gasteiger partial charge in [-0.05, 0) is 24.1 Å². The molecule has 0 fully saturated rings. The Balaban J connectivity index is 0.00000161. The van der Waals surface area contributed by atoms with Crippen molar-refractivity contribution in [2.45, 2.75) is 6.92 Å². The molecule has 21 heavy (non-hydrogen) atoms. The second-order valence-electron chi connectivity index (χ2n) is 4.57. The van der Waals surface area contributed by atoms with Gasteiger partial charge in [0.05, 0.1) is 0 Å². The predicted octanol–water partition coefficient (Wildman–Crippen LogP) is 1.06. The molecule has 0 aliphatic carbocycles. The maximum atomic E-state index is 14.2. The number of hydrogen-bond donors (Lipinski definition) is 0. The van der Waals surface area contributed by atoms with Gasteiger partial charge in [0.1, 0.15) is 5.82 Å². The topological polar surface area (TPSA) is 25.8 Å². The van der Waals surface area contributed by atoms with Crippen LogP contribution in [0.25, 0.3) is 22.5 Å². The number of hydrogen-bond acceptors (Lipinski definition) is 2. The molecule has 1 heterocycles. The van der Waals surface area contributed by atoms with Gasteiger partial charge in [0, 0.05) is 18.0 Å². The van der Waals surface area contributed by atoms with Crippen LogP contribution < -0.4 is 58.2 Å². The van der Waals surface area contributed by atoms with Gasteiger partial charge in [-0.25, -0.2) is 14.4 Å². The molecule has 0 aliphatic rings. The van der Waals surface area contributed by atoms with E-state index in [1.54, 1.807) is 30.6 Å². The molecule has 0 spiro atoms. The molecule has 3 aromatic rings. The summed E-state index contributed by atoms with van der Waals surface area (Å²) >= 11 is 0. The number of aromatic nitrogens is 2.